The van der Waals surface area contributed by atoms with Gasteiger partial charge in [-0.1, -0.05) is 42.5 Å². The molecule has 1 amide bonds. The molecule has 130 valence electrons. The van der Waals surface area contributed by atoms with Gasteiger partial charge in [-0.15, -0.1) is 11.3 Å². The molecular weight excluding hydrogens is 356 g/mol. The van der Waals surface area contributed by atoms with Gasteiger partial charge in [0.2, 0.25) is 11.5 Å². The van der Waals surface area contributed by atoms with Crippen molar-refractivity contribution in [2.75, 3.05) is 0 Å². The fraction of sp³-hybridized carbons (Fsp3) is 0.0455. The van der Waals surface area contributed by atoms with E-state index < -0.39 is 0 Å². The van der Waals surface area contributed by atoms with Gasteiger partial charge < -0.3 is 4.42 Å². The van der Waals surface area contributed by atoms with Crippen molar-refractivity contribution in [2.24, 2.45) is 4.99 Å². The number of hydrogen-bond acceptors (Lipinski definition) is 4. The molecule has 5 aromatic rings. The van der Waals surface area contributed by atoms with Crippen molar-refractivity contribution in [2.45, 2.75) is 6.92 Å². The highest BCUT2D eigenvalue weighted by Gasteiger charge is 2.13. The molecule has 0 unspecified atom stereocenters. The highest BCUT2D eigenvalue weighted by atomic mass is 32.1. The summed E-state index contributed by atoms with van der Waals surface area (Å²) in [5.74, 6) is -0.304. The summed E-state index contributed by atoms with van der Waals surface area (Å²) in [7, 11) is 0. The van der Waals surface area contributed by atoms with Gasteiger partial charge in [-0.05, 0) is 35.0 Å². The van der Waals surface area contributed by atoms with E-state index in [2.05, 4.69) is 17.1 Å². The van der Waals surface area contributed by atoms with Gasteiger partial charge in [0.1, 0.15) is 10.6 Å². The van der Waals surface area contributed by atoms with Crippen LogP contribution in [0.3, 0.4) is 0 Å². The average molecular weight is 370 g/mol. The molecule has 2 aromatic heterocycles. The molecule has 0 radical (unpaired) electrons. The van der Waals surface area contributed by atoms with Gasteiger partial charge in [0.15, 0.2) is 0 Å². The van der Waals surface area contributed by atoms with Crippen molar-refractivity contribution in [3.8, 4) is 10.6 Å². The van der Waals surface area contributed by atoms with Crippen LogP contribution in [0, 0.1) is 0 Å². The standard InChI is InChI=1S/C22H14N2O2S/c1-13(25)23-21-17(22-24-18-8-4-5-9-20(18)27-22)12-16-15-7-3-2-6-14(15)10-11-19(16)26-21/h2-12H,1H3. The lowest BCUT2D eigenvalue weighted by molar-refractivity contribution is -0.116. The maximum atomic E-state index is 11.7. The summed E-state index contributed by atoms with van der Waals surface area (Å²) in [6.07, 6.45) is 0. The van der Waals surface area contributed by atoms with Crippen molar-refractivity contribution >= 4 is 49.2 Å². The third-order valence-corrected chi connectivity index (χ3v) is 5.51. The van der Waals surface area contributed by atoms with Gasteiger partial charge >= 0.3 is 0 Å². The second-order valence-electron chi connectivity index (χ2n) is 6.28. The van der Waals surface area contributed by atoms with Crippen molar-refractivity contribution in [3.63, 3.8) is 0 Å². The van der Waals surface area contributed by atoms with E-state index in [4.69, 9.17) is 9.40 Å². The summed E-state index contributed by atoms with van der Waals surface area (Å²) in [5, 5.41) is 3.99. The number of carbonyl (C=O) groups is 1. The quantitative estimate of drug-likeness (QED) is 0.376. The Morgan fingerprint density at radius 1 is 1.00 bits per heavy atom. The predicted molar refractivity (Wildman–Crippen MR) is 109 cm³/mol. The van der Waals surface area contributed by atoms with Crippen LogP contribution < -0.4 is 5.55 Å². The predicted octanol–water partition coefficient (Wildman–Crippen LogP) is 5.31. The molecule has 2 heterocycles. The second kappa shape index (κ2) is 6.14. The number of amides is 1. The van der Waals surface area contributed by atoms with Crippen LogP contribution in [-0.2, 0) is 4.79 Å². The Hall–Kier alpha value is -3.31. The molecule has 0 N–H and O–H groups in total. The first-order chi connectivity index (χ1) is 13.2. The lowest BCUT2D eigenvalue weighted by Gasteiger charge is -2.05. The van der Waals surface area contributed by atoms with E-state index in [0.29, 0.717) is 11.1 Å². The molecule has 4 nitrogen and oxygen atoms in total. The van der Waals surface area contributed by atoms with E-state index in [1.165, 1.54) is 6.92 Å². The minimum absolute atomic E-state index is 0.296. The van der Waals surface area contributed by atoms with E-state index in [-0.39, 0.29) is 5.91 Å². The third kappa shape index (κ3) is 2.73. The zero-order valence-electron chi connectivity index (χ0n) is 14.5. The molecule has 0 aliphatic heterocycles. The van der Waals surface area contributed by atoms with Gasteiger partial charge in [0.25, 0.3) is 0 Å². The minimum atomic E-state index is -0.304. The Bertz CT molecular complexity index is 1380. The lowest BCUT2D eigenvalue weighted by atomic mass is 10.0. The largest absolute Gasteiger partial charge is 0.438 e. The Morgan fingerprint density at radius 3 is 2.67 bits per heavy atom. The van der Waals surface area contributed by atoms with Crippen LogP contribution in [-0.4, -0.2) is 10.9 Å². The van der Waals surface area contributed by atoms with Crippen molar-refractivity contribution in [1.82, 2.24) is 4.98 Å². The monoisotopic (exact) mass is 370 g/mol. The number of carbonyl (C=O) groups excluding carboxylic acids is 1. The third-order valence-electron chi connectivity index (χ3n) is 4.44. The highest BCUT2D eigenvalue weighted by molar-refractivity contribution is 7.21. The Kier molecular flexibility index (Phi) is 3.62. The van der Waals surface area contributed by atoms with Crippen molar-refractivity contribution < 1.29 is 9.21 Å². The molecule has 0 spiro atoms. The van der Waals surface area contributed by atoms with Crippen LogP contribution >= 0.6 is 11.3 Å². The summed E-state index contributed by atoms with van der Waals surface area (Å²) in [6, 6.07) is 22.1. The minimum Gasteiger partial charge on any atom is -0.438 e. The number of aromatic nitrogens is 1. The van der Waals surface area contributed by atoms with Gasteiger partial charge in [0.05, 0.1) is 15.8 Å². The molecule has 0 saturated heterocycles. The first-order valence-corrected chi connectivity index (χ1v) is 9.37. The number of thiazole rings is 1. The average Bonchev–Trinajstić information content (AvgIpc) is 3.11. The van der Waals surface area contributed by atoms with Gasteiger partial charge in [-0.25, -0.2) is 4.98 Å². The topological polar surface area (TPSA) is 55.5 Å². The van der Waals surface area contributed by atoms with Crippen LogP contribution in [0.1, 0.15) is 6.92 Å². The smallest absolute Gasteiger partial charge is 0.245 e. The SMILES string of the molecule is CC(=O)N=c1oc2ccc3ccccc3c2cc1-c1nc2ccccc2s1. The Morgan fingerprint density at radius 2 is 1.81 bits per heavy atom. The van der Waals surface area contributed by atoms with Crippen molar-refractivity contribution in [3.05, 3.63) is 72.3 Å². The fourth-order valence-electron chi connectivity index (χ4n) is 3.25. The zero-order chi connectivity index (χ0) is 18.4. The number of fused-ring (bicyclic) bond motifs is 4. The first-order valence-electron chi connectivity index (χ1n) is 8.56. The summed E-state index contributed by atoms with van der Waals surface area (Å²) < 4.78 is 7.12. The molecule has 0 atom stereocenters. The van der Waals surface area contributed by atoms with E-state index in [1.54, 1.807) is 11.3 Å². The molecule has 0 fully saturated rings. The molecule has 5 heteroatoms. The summed E-state index contributed by atoms with van der Waals surface area (Å²) in [4.78, 5) is 20.5. The van der Waals surface area contributed by atoms with E-state index >= 15 is 0 Å². The van der Waals surface area contributed by atoms with Crippen LogP contribution in [0.5, 0.6) is 0 Å². The van der Waals surface area contributed by atoms with Crippen LogP contribution in [0.25, 0.3) is 42.5 Å². The normalized spacial score (nSPS) is 12.3. The summed E-state index contributed by atoms with van der Waals surface area (Å²) in [5.41, 5.74) is 2.64. The maximum Gasteiger partial charge on any atom is 0.245 e. The van der Waals surface area contributed by atoms with Crippen LogP contribution in [0.4, 0.5) is 0 Å². The zero-order valence-corrected chi connectivity index (χ0v) is 15.3. The summed E-state index contributed by atoms with van der Waals surface area (Å²) in [6.45, 7) is 1.42. The second-order valence-corrected chi connectivity index (χ2v) is 7.31. The Labute approximate surface area is 158 Å². The molecule has 5 rings (SSSR count). The number of nitrogens with zero attached hydrogens (tertiary/aromatic N) is 2. The van der Waals surface area contributed by atoms with E-state index in [0.717, 1.165) is 36.9 Å². The van der Waals surface area contributed by atoms with Crippen LogP contribution in [0.15, 0.2) is 76.1 Å². The van der Waals surface area contributed by atoms with Crippen molar-refractivity contribution in [1.29, 1.82) is 0 Å². The molecule has 0 aliphatic rings. The number of benzene rings is 3. The highest BCUT2D eigenvalue weighted by Crippen LogP contribution is 2.32. The van der Waals surface area contributed by atoms with Gasteiger partial charge in [-0.2, -0.15) is 4.99 Å². The first kappa shape index (κ1) is 15.9. The Balaban J connectivity index is 1.90. The summed E-state index contributed by atoms with van der Waals surface area (Å²) >= 11 is 1.56. The molecule has 0 saturated carbocycles. The maximum absolute atomic E-state index is 11.7. The molecule has 3 aromatic carbocycles. The fourth-order valence-corrected chi connectivity index (χ4v) is 4.22. The van der Waals surface area contributed by atoms with Gasteiger partial charge in [0, 0.05) is 12.3 Å². The number of para-hydroxylation sites is 1. The molecule has 0 aliphatic carbocycles. The van der Waals surface area contributed by atoms with E-state index in [1.807, 2.05) is 54.6 Å². The lowest BCUT2D eigenvalue weighted by Crippen LogP contribution is -2.08. The van der Waals surface area contributed by atoms with Gasteiger partial charge in [-0.3, -0.25) is 4.79 Å². The van der Waals surface area contributed by atoms with E-state index in [9.17, 15) is 4.79 Å². The molecule has 0 bridgehead atoms. The number of hydrogen-bond donors (Lipinski definition) is 0. The van der Waals surface area contributed by atoms with Crippen LogP contribution in [0.2, 0.25) is 0 Å². The molecule has 27 heavy (non-hydrogen) atoms. The molecular formula is C22H14N2O2S. The number of rotatable bonds is 1.